The summed E-state index contributed by atoms with van der Waals surface area (Å²) in [6.07, 6.45) is 0.166. The summed E-state index contributed by atoms with van der Waals surface area (Å²) in [4.78, 5) is 41.3. The number of nitrogens with one attached hydrogen (secondary N) is 1. The lowest BCUT2D eigenvalue weighted by molar-refractivity contribution is -0.115. The Bertz CT molecular complexity index is 1350. The molecule has 0 aliphatic carbocycles. The van der Waals surface area contributed by atoms with Crippen LogP contribution < -0.4 is 10.9 Å². The number of fused-ring (bicyclic) bond motifs is 1. The van der Waals surface area contributed by atoms with Gasteiger partial charge in [-0.1, -0.05) is 48.2 Å². The zero-order chi connectivity index (χ0) is 22.5. The molecule has 1 amide bonds. The highest BCUT2D eigenvalue weighted by Crippen LogP contribution is 2.22. The van der Waals surface area contributed by atoms with Gasteiger partial charge in [-0.25, -0.2) is 9.78 Å². The number of carboxylic acid groups (broad SMARTS) is 1. The number of rotatable bonds is 7. The Hall–Kier alpha value is -3.91. The summed E-state index contributed by atoms with van der Waals surface area (Å²) in [7, 11) is 0. The van der Waals surface area contributed by atoms with E-state index in [1.54, 1.807) is 34.9 Å². The summed E-state index contributed by atoms with van der Waals surface area (Å²) in [5, 5.41) is 12.8. The summed E-state index contributed by atoms with van der Waals surface area (Å²) in [6, 6.07) is 22.5. The molecule has 160 valence electrons. The van der Waals surface area contributed by atoms with Crippen LogP contribution in [0.3, 0.4) is 0 Å². The molecule has 7 nitrogen and oxygen atoms in total. The highest BCUT2D eigenvalue weighted by atomic mass is 32.2. The van der Waals surface area contributed by atoms with Crippen molar-refractivity contribution in [2.24, 2.45) is 0 Å². The molecule has 0 atom stereocenters. The number of carbonyl (C=O) groups excluding carboxylic acids is 1. The van der Waals surface area contributed by atoms with E-state index in [0.717, 1.165) is 0 Å². The van der Waals surface area contributed by atoms with Crippen molar-refractivity contribution in [3.63, 3.8) is 0 Å². The number of nitrogens with zero attached hydrogens (tertiary/aromatic N) is 2. The lowest BCUT2D eigenvalue weighted by Gasteiger charge is -2.13. The van der Waals surface area contributed by atoms with E-state index in [9.17, 15) is 14.4 Å². The van der Waals surface area contributed by atoms with Crippen LogP contribution in [-0.2, 0) is 4.79 Å². The van der Waals surface area contributed by atoms with E-state index in [0.29, 0.717) is 33.2 Å². The average molecular weight is 446 g/mol. The number of amides is 1. The molecule has 0 bridgehead atoms. The first kappa shape index (κ1) is 21.3. The van der Waals surface area contributed by atoms with Crippen LogP contribution in [0.2, 0.25) is 0 Å². The molecule has 0 saturated heterocycles. The Morgan fingerprint density at radius 3 is 2.50 bits per heavy atom. The number of aromatic nitrogens is 2. The molecule has 0 radical (unpaired) electrons. The molecule has 0 fully saturated rings. The van der Waals surface area contributed by atoms with Crippen molar-refractivity contribution in [2.75, 3.05) is 11.1 Å². The highest BCUT2D eigenvalue weighted by Gasteiger charge is 2.14. The molecule has 3 aromatic carbocycles. The molecule has 8 heteroatoms. The predicted molar refractivity (Wildman–Crippen MR) is 125 cm³/mol. The minimum absolute atomic E-state index is 0.101. The summed E-state index contributed by atoms with van der Waals surface area (Å²) < 4.78 is 1.56. The van der Waals surface area contributed by atoms with Crippen LogP contribution in [0.4, 0.5) is 5.69 Å². The first-order chi connectivity index (χ1) is 15.5. The molecular formula is C24H19N3O4S. The third kappa shape index (κ3) is 4.70. The van der Waals surface area contributed by atoms with Gasteiger partial charge >= 0.3 is 5.97 Å². The second-order valence-corrected chi connectivity index (χ2v) is 7.98. The maximum atomic E-state index is 13.2. The van der Waals surface area contributed by atoms with Gasteiger partial charge in [-0.05, 0) is 42.5 Å². The van der Waals surface area contributed by atoms with E-state index in [1.165, 1.54) is 23.9 Å². The van der Waals surface area contributed by atoms with E-state index < -0.39 is 5.97 Å². The Morgan fingerprint density at radius 1 is 0.969 bits per heavy atom. The monoisotopic (exact) mass is 445 g/mol. The molecule has 0 spiro atoms. The minimum atomic E-state index is -1.06. The average Bonchev–Trinajstić information content (AvgIpc) is 2.80. The van der Waals surface area contributed by atoms with Gasteiger partial charge in [-0.15, -0.1) is 0 Å². The minimum Gasteiger partial charge on any atom is -0.478 e. The first-order valence-corrected chi connectivity index (χ1v) is 10.8. The molecule has 0 saturated carbocycles. The number of benzene rings is 3. The Labute approximate surface area is 187 Å². The van der Waals surface area contributed by atoms with E-state index in [4.69, 9.17) is 5.11 Å². The molecule has 4 rings (SSSR count). The van der Waals surface area contributed by atoms with Gasteiger partial charge in [-0.2, -0.15) is 0 Å². The van der Waals surface area contributed by atoms with Gasteiger partial charge in [0.1, 0.15) is 0 Å². The number of aromatic carboxylic acids is 1. The van der Waals surface area contributed by atoms with Gasteiger partial charge < -0.3 is 10.4 Å². The number of hydrogen-bond acceptors (Lipinski definition) is 5. The van der Waals surface area contributed by atoms with E-state index in [1.807, 2.05) is 36.4 Å². The van der Waals surface area contributed by atoms with Crippen LogP contribution >= 0.6 is 11.8 Å². The molecule has 1 aromatic heterocycles. The van der Waals surface area contributed by atoms with Gasteiger partial charge in [-0.3, -0.25) is 14.2 Å². The van der Waals surface area contributed by atoms with Crippen molar-refractivity contribution in [1.82, 2.24) is 9.55 Å². The van der Waals surface area contributed by atoms with E-state index in [2.05, 4.69) is 10.3 Å². The fourth-order valence-electron chi connectivity index (χ4n) is 3.20. The highest BCUT2D eigenvalue weighted by molar-refractivity contribution is 7.99. The number of thioether (sulfide) groups is 1. The third-order valence-electron chi connectivity index (χ3n) is 4.71. The van der Waals surface area contributed by atoms with Gasteiger partial charge in [0.05, 0.1) is 22.2 Å². The summed E-state index contributed by atoms with van der Waals surface area (Å²) in [5.41, 5.74) is 1.66. The van der Waals surface area contributed by atoms with Crippen LogP contribution in [0.15, 0.2) is 88.8 Å². The van der Waals surface area contributed by atoms with Crippen molar-refractivity contribution in [3.8, 4) is 5.69 Å². The molecule has 0 aliphatic rings. The fourth-order valence-corrected chi connectivity index (χ4v) is 4.15. The Morgan fingerprint density at radius 2 is 1.72 bits per heavy atom. The molecule has 32 heavy (non-hydrogen) atoms. The summed E-state index contributed by atoms with van der Waals surface area (Å²) in [6.45, 7) is 0. The normalized spacial score (nSPS) is 10.8. The van der Waals surface area contributed by atoms with Crippen LogP contribution in [0.1, 0.15) is 16.8 Å². The smallest absolute Gasteiger partial charge is 0.335 e. The standard InChI is InChI=1S/C24H19N3O4S/c28-21(25-17-8-6-7-16(15-17)23(30)31)13-14-32-24-26-20-12-5-4-11-19(20)22(29)27(24)18-9-2-1-3-10-18/h1-12,15H,13-14H2,(H,25,28)(H,30,31). The topological polar surface area (TPSA) is 101 Å². The van der Waals surface area contributed by atoms with Crippen molar-refractivity contribution in [1.29, 1.82) is 0 Å². The number of para-hydroxylation sites is 2. The van der Waals surface area contributed by atoms with Crippen molar-refractivity contribution >= 4 is 40.2 Å². The summed E-state index contributed by atoms with van der Waals surface area (Å²) >= 11 is 1.31. The van der Waals surface area contributed by atoms with E-state index >= 15 is 0 Å². The lowest BCUT2D eigenvalue weighted by Crippen LogP contribution is -2.22. The van der Waals surface area contributed by atoms with Crippen LogP contribution in [0.5, 0.6) is 0 Å². The van der Waals surface area contributed by atoms with Crippen LogP contribution in [-0.4, -0.2) is 32.3 Å². The summed E-state index contributed by atoms with van der Waals surface area (Å²) in [5.74, 6) is -0.922. The van der Waals surface area contributed by atoms with Gasteiger partial charge in [0.2, 0.25) is 5.91 Å². The number of hydrogen-bond donors (Lipinski definition) is 2. The Kier molecular flexibility index (Phi) is 6.32. The predicted octanol–water partition coefficient (Wildman–Crippen LogP) is 4.20. The SMILES string of the molecule is O=C(CCSc1nc2ccccc2c(=O)n1-c1ccccc1)Nc1cccc(C(=O)O)c1. The van der Waals surface area contributed by atoms with Crippen molar-refractivity contribution in [3.05, 3.63) is 94.8 Å². The van der Waals surface area contributed by atoms with Crippen LogP contribution in [0, 0.1) is 0 Å². The third-order valence-corrected chi connectivity index (χ3v) is 5.65. The maximum Gasteiger partial charge on any atom is 0.335 e. The van der Waals surface area contributed by atoms with Gasteiger partial charge in [0, 0.05) is 17.9 Å². The van der Waals surface area contributed by atoms with Crippen molar-refractivity contribution < 1.29 is 14.7 Å². The quantitative estimate of drug-likeness (QED) is 0.327. The second kappa shape index (κ2) is 9.49. The fraction of sp³-hybridized carbons (Fsp3) is 0.0833. The molecule has 2 N–H and O–H groups in total. The lowest BCUT2D eigenvalue weighted by atomic mass is 10.2. The molecule has 1 heterocycles. The maximum absolute atomic E-state index is 13.2. The zero-order valence-electron chi connectivity index (χ0n) is 16.9. The van der Waals surface area contributed by atoms with Gasteiger partial charge in [0.25, 0.3) is 5.56 Å². The van der Waals surface area contributed by atoms with Crippen LogP contribution in [0.25, 0.3) is 16.6 Å². The molecule has 0 aliphatic heterocycles. The van der Waals surface area contributed by atoms with Gasteiger partial charge in [0.15, 0.2) is 5.16 Å². The number of carbonyl (C=O) groups is 2. The zero-order valence-corrected chi connectivity index (χ0v) is 17.7. The van der Waals surface area contributed by atoms with Crippen molar-refractivity contribution in [2.45, 2.75) is 11.6 Å². The largest absolute Gasteiger partial charge is 0.478 e. The number of carboxylic acids is 1. The second-order valence-electron chi connectivity index (χ2n) is 6.92. The molecule has 4 aromatic rings. The molecule has 0 unspecified atom stereocenters. The number of anilines is 1. The molecular weight excluding hydrogens is 426 g/mol. The van der Waals surface area contributed by atoms with E-state index in [-0.39, 0.29) is 23.5 Å². The first-order valence-electron chi connectivity index (χ1n) is 9.86. The Balaban J connectivity index is 1.53.